The summed E-state index contributed by atoms with van der Waals surface area (Å²) in [5.74, 6) is 0. The smallest absolute Gasteiger partial charge is 0.207 e. The highest BCUT2D eigenvalue weighted by atomic mass is 127. The highest BCUT2D eigenvalue weighted by Gasteiger charge is 2.23. The van der Waals surface area contributed by atoms with Crippen molar-refractivity contribution >= 4 is 32.6 Å². The third kappa shape index (κ3) is 4.66. The van der Waals surface area contributed by atoms with E-state index in [1.54, 1.807) is 12.1 Å². The highest BCUT2D eigenvalue weighted by Crippen LogP contribution is 2.21. The van der Waals surface area contributed by atoms with Gasteiger partial charge in [-0.2, -0.15) is 4.31 Å². The molecule has 114 valence electrons. The molecule has 5 heteroatoms. The molecule has 0 N–H and O–H groups in total. The van der Waals surface area contributed by atoms with Crippen molar-refractivity contribution in [2.45, 2.75) is 31.1 Å². The third-order valence-electron chi connectivity index (χ3n) is 3.40. The van der Waals surface area contributed by atoms with Gasteiger partial charge in [-0.1, -0.05) is 35.9 Å². The monoisotopic (exact) mass is 417 g/mol. The lowest BCUT2D eigenvalue weighted by molar-refractivity contribution is 0.471. The minimum Gasteiger partial charge on any atom is -0.207 e. The highest BCUT2D eigenvalue weighted by molar-refractivity contribution is 14.1. The van der Waals surface area contributed by atoms with Crippen LogP contribution in [0.5, 0.6) is 0 Å². The van der Waals surface area contributed by atoms with E-state index in [0.717, 1.165) is 28.4 Å². The minimum absolute atomic E-state index is 0.364. The van der Waals surface area contributed by atoms with Gasteiger partial charge in [-0.3, -0.25) is 0 Å². The van der Waals surface area contributed by atoms with Crippen molar-refractivity contribution in [3.05, 3.63) is 51.6 Å². The molecule has 1 aromatic rings. The number of rotatable bonds is 2. The van der Waals surface area contributed by atoms with E-state index in [1.807, 2.05) is 25.1 Å². The lowest BCUT2D eigenvalue weighted by atomic mass is 10.2. The Morgan fingerprint density at radius 2 is 1.81 bits per heavy atom. The van der Waals surface area contributed by atoms with Gasteiger partial charge in [0.1, 0.15) is 0 Å². The van der Waals surface area contributed by atoms with Gasteiger partial charge >= 0.3 is 0 Å². The molecular formula is C16H20INO2S. The zero-order valence-electron chi connectivity index (χ0n) is 12.1. The lowest BCUT2D eigenvalue weighted by Gasteiger charge is -2.21. The van der Waals surface area contributed by atoms with Gasteiger partial charge in [0.2, 0.25) is 10.0 Å². The summed E-state index contributed by atoms with van der Waals surface area (Å²) in [5, 5.41) is 0. The summed E-state index contributed by atoms with van der Waals surface area (Å²) < 4.78 is 28.2. The van der Waals surface area contributed by atoms with E-state index in [4.69, 9.17) is 0 Å². The average molecular weight is 417 g/mol. The molecular weight excluding hydrogens is 397 g/mol. The van der Waals surface area contributed by atoms with Crippen LogP contribution in [-0.4, -0.2) is 25.8 Å². The molecule has 1 aliphatic rings. The predicted octanol–water partition coefficient (Wildman–Crippen LogP) is 4.04. The summed E-state index contributed by atoms with van der Waals surface area (Å²) in [7, 11) is -3.44. The Hall–Kier alpha value is -0.660. The van der Waals surface area contributed by atoms with Crippen LogP contribution in [0, 0.1) is 6.92 Å². The number of hydrogen-bond acceptors (Lipinski definition) is 2. The van der Waals surface area contributed by atoms with Crippen LogP contribution < -0.4 is 0 Å². The SMILES string of the molecule is Cc1ccc(S(=O)(=O)N2C/C=C/CCC/C=C(/I)C2)cc1. The number of allylic oxidation sites excluding steroid dienone is 2. The second-order valence-corrected chi connectivity index (χ2v) is 8.49. The molecule has 0 aliphatic carbocycles. The fraction of sp³-hybridized carbons (Fsp3) is 0.375. The minimum atomic E-state index is -3.44. The van der Waals surface area contributed by atoms with E-state index in [9.17, 15) is 8.42 Å². The van der Waals surface area contributed by atoms with E-state index in [1.165, 1.54) is 4.31 Å². The largest absolute Gasteiger partial charge is 0.243 e. The van der Waals surface area contributed by atoms with Crippen LogP contribution in [0.3, 0.4) is 0 Å². The first-order valence-electron chi connectivity index (χ1n) is 7.06. The lowest BCUT2D eigenvalue weighted by Crippen LogP contribution is -2.32. The van der Waals surface area contributed by atoms with Crippen LogP contribution in [0.2, 0.25) is 0 Å². The van der Waals surface area contributed by atoms with Gasteiger partial charge in [0, 0.05) is 16.7 Å². The topological polar surface area (TPSA) is 37.4 Å². The molecule has 0 amide bonds. The van der Waals surface area contributed by atoms with Gasteiger partial charge < -0.3 is 0 Å². The molecule has 0 saturated heterocycles. The van der Waals surface area contributed by atoms with Gasteiger partial charge in [0.15, 0.2) is 0 Å². The van der Waals surface area contributed by atoms with E-state index < -0.39 is 10.0 Å². The summed E-state index contributed by atoms with van der Waals surface area (Å²) in [6, 6.07) is 7.04. The molecule has 0 fully saturated rings. The Balaban J connectivity index is 2.30. The predicted molar refractivity (Wildman–Crippen MR) is 95.0 cm³/mol. The Labute approximate surface area is 140 Å². The molecule has 1 aromatic carbocycles. The second-order valence-electron chi connectivity index (χ2n) is 5.16. The quantitative estimate of drug-likeness (QED) is 0.538. The first-order chi connectivity index (χ1) is 10.00. The van der Waals surface area contributed by atoms with Crippen LogP contribution in [0.25, 0.3) is 0 Å². The maximum Gasteiger partial charge on any atom is 0.243 e. The molecule has 0 radical (unpaired) electrons. The van der Waals surface area contributed by atoms with Crippen molar-refractivity contribution < 1.29 is 8.42 Å². The van der Waals surface area contributed by atoms with Crippen molar-refractivity contribution in [2.75, 3.05) is 13.1 Å². The zero-order chi connectivity index (χ0) is 15.3. The van der Waals surface area contributed by atoms with Crippen molar-refractivity contribution in [1.82, 2.24) is 4.31 Å². The first kappa shape index (κ1) is 16.7. The molecule has 0 atom stereocenters. The fourth-order valence-electron chi connectivity index (χ4n) is 2.14. The van der Waals surface area contributed by atoms with E-state index >= 15 is 0 Å². The molecule has 0 aromatic heterocycles. The Morgan fingerprint density at radius 1 is 1.10 bits per heavy atom. The number of benzene rings is 1. The molecule has 0 unspecified atom stereocenters. The molecule has 0 spiro atoms. The first-order valence-corrected chi connectivity index (χ1v) is 9.58. The number of hydrogen-bond donors (Lipinski definition) is 0. The molecule has 1 aliphatic heterocycles. The van der Waals surface area contributed by atoms with Crippen molar-refractivity contribution in [2.24, 2.45) is 0 Å². The maximum absolute atomic E-state index is 12.8. The zero-order valence-corrected chi connectivity index (χ0v) is 15.1. The standard InChI is InChI=1S/C16H20INO2S/c1-14-8-10-16(11-9-14)21(19,20)18-12-6-4-2-3-5-7-15(17)13-18/h4,6-11H,2-3,5,12-13H2,1H3/b6-4+,15-7+. The molecule has 2 rings (SSSR count). The number of nitrogens with zero attached hydrogens (tertiary/aromatic N) is 1. The van der Waals surface area contributed by atoms with Crippen molar-refractivity contribution in [3.8, 4) is 0 Å². The van der Waals surface area contributed by atoms with Crippen LogP contribution in [0.15, 0.2) is 51.0 Å². The van der Waals surface area contributed by atoms with Crippen molar-refractivity contribution in [1.29, 1.82) is 0 Å². The summed E-state index contributed by atoms with van der Waals surface area (Å²) in [6.07, 6.45) is 9.29. The summed E-state index contributed by atoms with van der Waals surface area (Å²) in [6.45, 7) is 2.83. The third-order valence-corrected chi connectivity index (χ3v) is 6.01. The maximum atomic E-state index is 12.8. The molecule has 0 bridgehead atoms. The van der Waals surface area contributed by atoms with Gasteiger partial charge in [-0.15, -0.1) is 0 Å². The van der Waals surface area contributed by atoms with E-state index in [0.29, 0.717) is 18.0 Å². The second kappa shape index (κ2) is 7.56. The van der Waals surface area contributed by atoms with Gasteiger partial charge in [-0.25, -0.2) is 8.42 Å². The van der Waals surface area contributed by atoms with Gasteiger partial charge in [0.25, 0.3) is 0 Å². The van der Waals surface area contributed by atoms with Gasteiger partial charge in [0.05, 0.1) is 4.90 Å². The van der Waals surface area contributed by atoms with E-state index in [2.05, 4.69) is 34.7 Å². The molecule has 0 saturated carbocycles. The summed E-state index contributed by atoms with van der Waals surface area (Å²) >= 11 is 2.24. The molecule has 1 heterocycles. The van der Waals surface area contributed by atoms with E-state index in [-0.39, 0.29) is 0 Å². The van der Waals surface area contributed by atoms with Gasteiger partial charge in [-0.05, 0) is 60.9 Å². The van der Waals surface area contributed by atoms with Crippen LogP contribution >= 0.6 is 22.6 Å². The fourth-order valence-corrected chi connectivity index (χ4v) is 4.47. The Bertz CT molecular complexity index is 633. The Kier molecular flexibility index (Phi) is 6.01. The average Bonchev–Trinajstić information content (AvgIpc) is 2.46. The Morgan fingerprint density at radius 3 is 2.52 bits per heavy atom. The molecule has 21 heavy (non-hydrogen) atoms. The summed E-state index contributed by atoms with van der Waals surface area (Å²) in [5.41, 5.74) is 1.06. The van der Waals surface area contributed by atoms with Crippen LogP contribution in [0.1, 0.15) is 24.8 Å². The van der Waals surface area contributed by atoms with Crippen LogP contribution in [-0.2, 0) is 10.0 Å². The molecule has 3 nitrogen and oxygen atoms in total. The van der Waals surface area contributed by atoms with Crippen molar-refractivity contribution in [3.63, 3.8) is 0 Å². The number of halogens is 1. The normalized spacial score (nSPS) is 22.3. The summed E-state index contributed by atoms with van der Waals surface area (Å²) in [4.78, 5) is 0.364. The van der Waals surface area contributed by atoms with Crippen LogP contribution in [0.4, 0.5) is 0 Å². The number of sulfonamides is 1. The number of aryl methyl sites for hydroxylation is 1.